The predicted octanol–water partition coefficient (Wildman–Crippen LogP) is -0.536. The van der Waals surface area contributed by atoms with Gasteiger partial charge in [-0.3, -0.25) is 9.80 Å². The van der Waals surface area contributed by atoms with Crippen molar-refractivity contribution in [1.82, 2.24) is 10.3 Å². The second kappa shape index (κ2) is 2.69. The largest absolute Gasteiger partial charge is 0.310 e. The normalized spacial score (nSPS) is 26.1. The second-order valence-electron chi connectivity index (χ2n) is 3.07. The summed E-state index contributed by atoms with van der Waals surface area (Å²) >= 11 is 0. The monoisotopic (exact) mass is 179 g/mol. The number of rotatable bonds is 1. The zero-order valence-electron chi connectivity index (χ0n) is 7.15. The summed E-state index contributed by atoms with van der Waals surface area (Å²) in [4.78, 5) is 22.0. The maximum atomic E-state index is 11.3. The third-order valence-corrected chi connectivity index (χ3v) is 2.33. The molecule has 0 aromatic heterocycles. The number of nitrogens with one attached hydrogen (secondary N) is 1. The van der Waals surface area contributed by atoms with Crippen molar-refractivity contribution in [2.24, 2.45) is 11.0 Å². The molecular formula is C8H9N3O2. The minimum atomic E-state index is -0.198. The summed E-state index contributed by atoms with van der Waals surface area (Å²) in [6.45, 7) is 2.27. The van der Waals surface area contributed by atoms with Gasteiger partial charge in [0.25, 0.3) is 5.91 Å². The van der Waals surface area contributed by atoms with Crippen molar-refractivity contribution >= 4 is 18.5 Å². The van der Waals surface area contributed by atoms with Gasteiger partial charge in [0.1, 0.15) is 18.3 Å². The number of aldehydes is 1. The Morgan fingerprint density at radius 3 is 3.15 bits per heavy atom. The molecule has 0 radical (unpaired) electrons. The molecule has 0 spiro atoms. The number of hydrogen-bond acceptors (Lipinski definition) is 4. The van der Waals surface area contributed by atoms with Crippen molar-refractivity contribution in [3.8, 4) is 0 Å². The van der Waals surface area contributed by atoms with Crippen LogP contribution in [0.1, 0.15) is 6.92 Å². The van der Waals surface area contributed by atoms with Crippen LogP contribution in [0.4, 0.5) is 0 Å². The highest BCUT2D eigenvalue weighted by Crippen LogP contribution is 2.27. The van der Waals surface area contributed by atoms with E-state index in [4.69, 9.17) is 0 Å². The van der Waals surface area contributed by atoms with Crippen LogP contribution in [-0.4, -0.2) is 30.1 Å². The van der Waals surface area contributed by atoms with Crippen molar-refractivity contribution in [2.45, 2.75) is 6.92 Å². The lowest BCUT2D eigenvalue weighted by Crippen LogP contribution is -2.35. The van der Waals surface area contributed by atoms with Crippen molar-refractivity contribution in [1.29, 1.82) is 0 Å². The van der Waals surface area contributed by atoms with Gasteiger partial charge in [0.2, 0.25) is 0 Å². The SMILES string of the molecule is CC1=C2C(=O)NC=NN2CC1C=O. The summed E-state index contributed by atoms with van der Waals surface area (Å²) in [6, 6.07) is 0. The molecule has 0 fully saturated rings. The highest BCUT2D eigenvalue weighted by Gasteiger charge is 2.33. The van der Waals surface area contributed by atoms with Crippen LogP contribution in [0.3, 0.4) is 0 Å². The Balaban J connectivity index is 2.43. The molecule has 0 saturated carbocycles. The van der Waals surface area contributed by atoms with E-state index in [2.05, 4.69) is 10.4 Å². The molecule has 1 atom stereocenters. The lowest BCUT2D eigenvalue weighted by atomic mass is 10.0. The Bertz CT molecular complexity index is 332. The first kappa shape index (κ1) is 7.97. The number of carbonyl (C=O) groups excluding carboxylic acids is 2. The van der Waals surface area contributed by atoms with E-state index in [1.165, 1.54) is 6.34 Å². The van der Waals surface area contributed by atoms with Gasteiger partial charge in [-0.05, 0) is 12.5 Å². The summed E-state index contributed by atoms with van der Waals surface area (Å²) in [7, 11) is 0. The van der Waals surface area contributed by atoms with Gasteiger partial charge < -0.3 is 10.1 Å². The quantitative estimate of drug-likeness (QED) is 0.550. The van der Waals surface area contributed by atoms with Crippen molar-refractivity contribution in [3.63, 3.8) is 0 Å². The summed E-state index contributed by atoms with van der Waals surface area (Å²) in [5.41, 5.74) is 1.31. The zero-order valence-corrected chi connectivity index (χ0v) is 7.15. The third kappa shape index (κ3) is 1.04. The molecule has 5 heteroatoms. The maximum absolute atomic E-state index is 11.3. The zero-order chi connectivity index (χ0) is 9.42. The van der Waals surface area contributed by atoms with Crippen LogP contribution < -0.4 is 5.32 Å². The molecule has 0 saturated heterocycles. The van der Waals surface area contributed by atoms with E-state index in [0.717, 1.165) is 11.9 Å². The minimum Gasteiger partial charge on any atom is -0.310 e. The lowest BCUT2D eigenvalue weighted by Gasteiger charge is -2.18. The number of fused-ring (bicyclic) bond motifs is 1. The summed E-state index contributed by atoms with van der Waals surface area (Å²) < 4.78 is 0. The van der Waals surface area contributed by atoms with Crippen LogP contribution in [0.2, 0.25) is 0 Å². The Hall–Kier alpha value is -1.65. The molecule has 68 valence electrons. The highest BCUT2D eigenvalue weighted by atomic mass is 16.2. The Morgan fingerprint density at radius 1 is 1.77 bits per heavy atom. The van der Waals surface area contributed by atoms with Gasteiger partial charge in [-0.15, -0.1) is 0 Å². The van der Waals surface area contributed by atoms with E-state index in [0.29, 0.717) is 12.2 Å². The van der Waals surface area contributed by atoms with E-state index >= 15 is 0 Å². The molecule has 0 aromatic carbocycles. The molecule has 13 heavy (non-hydrogen) atoms. The smallest absolute Gasteiger partial charge is 0.274 e. The first-order chi connectivity index (χ1) is 6.24. The van der Waals surface area contributed by atoms with E-state index in [-0.39, 0.29) is 11.8 Å². The van der Waals surface area contributed by atoms with Crippen molar-refractivity contribution in [3.05, 3.63) is 11.3 Å². The first-order valence-electron chi connectivity index (χ1n) is 4.01. The van der Waals surface area contributed by atoms with Crippen LogP contribution in [0, 0.1) is 5.92 Å². The predicted molar refractivity (Wildman–Crippen MR) is 45.6 cm³/mol. The molecule has 0 bridgehead atoms. The van der Waals surface area contributed by atoms with Crippen LogP contribution in [0.25, 0.3) is 0 Å². The van der Waals surface area contributed by atoms with Gasteiger partial charge in [-0.2, -0.15) is 5.10 Å². The van der Waals surface area contributed by atoms with Gasteiger partial charge in [0.05, 0.1) is 12.5 Å². The molecule has 0 aromatic rings. The number of nitrogens with zero attached hydrogens (tertiary/aromatic N) is 2. The van der Waals surface area contributed by atoms with E-state index < -0.39 is 0 Å². The summed E-state index contributed by atoms with van der Waals surface area (Å²) in [5, 5.41) is 8.00. The molecule has 2 rings (SSSR count). The topological polar surface area (TPSA) is 61.8 Å². The Morgan fingerprint density at radius 2 is 2.54 bits per heavy atom. The number of hydrazone groups is 1. The number of hydrogen-bond donors (Lipinski definition) is 1. The summed E-state index contributed by atoms with van der Waals surface area (Å²) in [6.07, 6.45) is 2.19. The van der Waals surface area contributed by atoms with Gasteiger partial charge in [0.15, 0.2) is 0 Å². The average molecular weight is 179 g/mol. The van der Waals surface area contributed by atoms with Crippen LogP contribution in [-0.2, 0) is 9.59 Å². The minimum absolute atomic E-state index is 0.183. The van der Waals surface area contributed by atoms with E-state index in [1.807, 2.05) is 0 Å². The van der Waals surface area contributed by atoms with Crippen LogP contribution >= 0.6 is 0 Å². The third-order valence-electron chi connectivity index (χ3n) is 2.33. The fourth-order valence-electron chi connectivity index (χ4n) is 1.57. The fraction of sp³-hybridized carbons (Fsp3) is 0.375. The highest BCUT2D eigenvalue weighted by molar-refractivity contribution is 6.02. The maximum Gasteiger partial charge on any atom is 0.274 e. The molecule has 0 aliphatic carbocycles. The van der Waals surface area contributed by atoms with Crippen molar-refractivity contribution in [2.75, 3.05) is 6.54 Å². The molecule has 2 aliphatic heterocycles. The average Bonchev–Trinajstić information content (AvgIpc) is 2.44. The van der Waals surface area contributed by atoms with Crippen LogP contribution in [0.5, 0.6) is 0 Å². The molecule has 2 aliphatic rings. The number of amides is 1. The van der Waals surface area contributed by atoms with Crippen molar-refractivity contribution < 1.29 is 9.59 Å². The molecule has 2 heterocycles. The van der Waals surface area contributed by atoms with E-state index in [1.54, 1.807) is 11.9 Å². The Labute approximate surface area is 75.1 Å². The number of carbonyl (C=O) groups is 2. The van der Waals surface area contributed by atoms with E-state index in [9.17, 15) is 9.59 Å². The molecule has 1 unspecified atom stereocenters. The second-order valence-corrected chi connectivity index (χ2v) is 3.07. The molecule has 1 N–H and O–H groups in total. The van der Waals surface area contributed by atoms with Gasteiger partial charge >= 0.3 is 0 Å². The lowest BCUT2D eigenvalue weighted by molar-refractivity contribution is -0.118. The standard InChI is InChI=1S/C8H9N3O2/c1-5-6(3-12)2-11-7(5)8(13)9-4-10-11/h3-4,6H,2H2,1H3,(H,9,10,13). The molecular weight excluding hydrogens is 170 g/mol. The van der Waals surface area contributed by atoms with Crippen LogP contribution in [0.15, 0.2) is 16.4 Å². The Kier molecular flexibility index (Phi) is 1.65. The van der Waals surface area contributed by atoms with Gasteiger partial charge in [-0.1, -0.05) is 0 Å². The summed E-state index contributed by atoms with van der Waals surface area (Å²) in [5.74, 6) is -0.382. The fourth-order valence-corrected chi connectivity index (χ4v) is 1.57. The first-order valence-corrected chi connectivity index (χ1v) is 4.01. The molecule has 5 nitrogen and oxygen atoms in total. The van der Waals surface area contributed by atoms with Gasteiger partial charge in [0, 0.05) is 0 Å². The van der Waals surface area contributed by atoms with Gasteiger partial charge in [-0.25, -0.2) is 0 Å². The molecule has 1 amide bonds.